The summed E-state index contributed by atoms with van der Waals surface area (Å²) in [7, 11) is -3.06. The van der Waals surface area contributed by atoms with E-state index in [1.54, 1.807) is 18.5 Å². The number of benzene rings is 3. The van der Waals surface area contributed by atoms with Crippen molar-refractivity contribution in [2.24, 2.45) is 0 Å². The summed E-state index contributed by atoms with van der Waals surface area (Å²) >= 11 is 0. The second kappa shape index (κ2) is 13.5. The fourth-order valence-corrected chi connectivity index (χ4v) is 7.39. The minimum atomic E-state index is -4.41. The number of hydrogen-bond acceptors (Lipinski definition) is 6. The molecule has 2 aromatic heterocycles. The van der Waals surface area contributed by atoms with Gasteiger partial charge in [0, 0.05) is 42.0 Å². The molecule has 0 saturated heterocycles. The van der Waals surface area contributed by atoms with E-state index in [9.17, 15) is 17.2 Å². The number of anilines is 1. The van der Waals surface area contributed by atoms with Crippen LogP contribution in [-0.2, 0) is 16.6 Å². The summed E-state index contributed by atoms with van der Waals surface area (Å²) in [6.45, 7) is 4.22. The SMILES string of the molecule is CCN(Cc1ccc(-c2ccnc3ccc(-c4cnc(OC)c(NS(=O)(=O)c5ccc(F)cc5F)c4)cc23)cc1)C1CCCCC1. The second-order valence-corrected chi connectivity index (χ2v) is 13.3. The zero-order chi connectivity index (χ0) is 32.3. The van der Waals surface area contributed by atoms with E-state index in [1.807, 2.05) is 24.3 Å². The third-order valence-electron chi connectivity index (χ3n) is 8.70. The van der Waals surface area contributed by atoms with E-state index >= 15 is 0 Å². The van der Waals surface area contributed by atoms with Gasteiger partial charge in [0.2, 0.25) is 5.88 Å². The Morgan fingerprint density at radius 3 is 2.37 bits per heavy atom. The highest BCUT2D eigenvalue weighted by atomic mass is 32.2. The standard InChI is InChI=1S/C36H36F2N4O3S/c1-3-42(29-7-5-4-6-8-29)23-24-9-11-25(12-10-24)30-17-18-39-33-15-13-26(19-31(30)33)27-20-34(36(45-2)40-22-27)41-46(43,44)35-16-14-28(37)21-32(35)38/h9-22,29,41H,3-8,23H2,1-2H3. The van der Waals surface area contributed by atoms with Crippen LogP contribution >= 0.6 is 0 Å². The monoisotopic (exact) mass is 642 g/mol. The van der Waals surface area contributed by atoms with Crippen LogP contribution in [-0.4, -0.2) is 43.0 Å². The number of pyridine rings is 2. The van der Waals surface area contributed by atoms with Crippen molar-refractivity contribution in [3.8, 4) is 28.1 Å². The van der Waals surface area contributed by atoms with Crippen LogP contribution in [0.25, 0.3) is 33.2 Å². The summed E-state index contributed by atoms with van der Waals surface area (Å²) in [4.78, 5) is 10.8. The van der Waals surface area contributed by atoms with Gasteiger partial charge >= 0.3 is 0 Å². The molecule has 0 unspecified atom stereocenters. The Balaban J connectivity index is 1.30. The van der Waals surface area contributed by atoms with Crippen LogP contribution in [0.1, 0.15) is 44.6 Å². The molecule has 0 atom stereocenters. The van der Waals surface area contributed by atoms with Gasteiger partial charge in [0.1, 0.15) is 22.2 Å². The zero-order valence-electron chi connectivity index (χ0n) is 25.8. The predicted molar refractivity (Wildman–Crippen MR) is 177 cm³/mol. The molecule has 1 aliphatic rings. The molecule has 1 fully saturated rings. The third-order valence-corrected chi connectivity index (χ3v) is 10.1. The largest absolute Gasteiger partial charge is 0.480 e. The molecule has 10 heteroatoms. The van der Waals surface area contributed by atoms with Crippen molar-refractivity contribution in [3.05, 3.63) is 102 Å². The lowest BCUT2D eigenvalue weighted by molar-refractivity contribution is 0.156. The molecule has 0 amide bonds. The molecule has 238 valence electrons. The number of sulfonamides is 1. The number of rotatable bonds is 10. The molecular formula is C36H36F2N4O3S. The number of halogens is 2. The molecular weight excluding hydrogens is 606 g/mol. The number of methoxy groups -OCH3 is 1. The highest BCUT2D eigenvalue weighted by molar-refractivity contribution is 7.92. The molecule has 0 bridgehead atoms. The third kappa shape index (κ3) is 6.73. The summed E-state index contributed by atoms with van der Waals surface area (Å²) in [5.41, 5.74) is 5.58. The van der Waals surface area contributed by atoms with Crippen molar-refractivity contribution in [2.75, 3.05) is 18.4 Å². The van der Waals surface area contributed by atoms with Gasteiger partial charge in [0.15, 0.2) is 0 Å². The van der Waals surface area contributed by atoms with Crippen molar-refractivity contribution in [3.63, 3.8) is 0 Å². The Bertz CT molecular complexity index is 1960. The maximum absolute atomic E-state index is 14.4. The van der Waals surface area contributed by atoms with E-state index in [2.05, 4.69) is 50.8 Å². The number of fused-ring (bicyclic) bond motifs is 1. The zero-order valence-corrected chi connectivity index (χ0v) is 26.7. The Hall–Kier alpha value is -4.41. The fraction of sp³-hybridized carbons (Fsp3) is 0.278. The van der Waals surface area contributed by atoms with Crippen LogP contribution in [0.5, 0.6) is 5.88 Å². The van der Waals surface area contributed by atoms with Gasteiger partial charge in [0.05, 0.1) is 12.6 Å². The first-order chi connectivity index (χ1) is 22.3. The average Bonchev–Trinajstić information content (AvgIpc) is 3.07. The summed E-state index contributed by atoms with van der Waals surface area (Å²) in [5, 5.41) is 0.927. The normalized spacial score (nSPS) is 14.1. The Morgan fingerprint density at radius 2 is 1.65 bits per heavy atom. The lowest BCUT2D eigenvalue weighted by Gasteiger charge is -2.33. The second-order valence-electron chi connectivity index (χ2n) is 11.6. The number of ether oxygens (including phenoxy) is 1. The molecule has 2 heterocycles. The molecule has 0 aliphatic heterocycles. The first-order valence-corrected chi connectivity index (χ1v) is 17.0. The quantitative estimate of drug-likeness (QED) is 0.165. The Morgan fingerprint density at radius 1 is 0.891 bits per heavy atom. The first kappa shape index (κ1) is 31.6. The van der Waals surface area contributed by atoms with E-state index in [1.165, 1.54) is 44.8 Å². The van der Waals surface area contributed by atoms with Crippen LogP contribution in [0.4, 0.5) is 14.5 Å². The summed E-state index contributed by atoms with van der Waals surface area (Å²) < 4.78 is 61.5. The summed E-state index contributed by atoms with van der Waals surface area (Å²) in [6, 6.07) is 21.0. The van der Waals surface area contributed by atoms with Gasteiger partial charge in [-0.25, -0.2) is 22.2 Å². The lowest BCUT2D eigenvalue weighted by atomic mass is 9.93. The predicted octanol–water partition coefficient (Wildman–Crippen LogP) is 8.21. The maximum Gasteiger partial charge on any atom is 0.264 e. The Labute approximate surface area is 268 Å². The summed E-state index contributed by atoms with van der Waals surface area (Å²) in [5.74, 6) is -2.08. The molecule has 7 nitrogen and oxygen atoms in total. The van der Waals surface area contributed by atoms with Crippen LogP contribution in [0.15, 0.2) is 90.1 Å². The molecule has 1 N–H and O–H groups in total. The van der Waals surface area contributed by atoms with Gasteiger partial charge in [-0.15, -0.1) is 0 Å². The summed E-state index contributed by atoms with van der Waals surface area (Å²) in [6.07, 6.45) is 9.91. The van der Waals surface area contributed by atoms with Crippen molar-refractivity contribution in [1.29, 1.82) is 0 Å². The number of aromatic nitrogens is 2. The number of nitrogens with one attached hydrogen (secondary N) is 1. The fourth-order valence-electron chi connectivity index (χ4n) is 6.29. The smallest absolute Gasteiger partial charge is 0.264 e. The molecule has 5 aromatic rings. The van der Waals surface area contributed by atoms with E-state index in [0.29, 0.717) is 17.7 Å². The van der Waals surface area contributed by atoms with Gasteiger partial charge < -0.3 is 4.74 Å². The van der Waals surface area contributed by atoms with Gasteiger partial charge in [0.25, 0.3) is 10.0 Å². The van der Waals surface area contributed by atoms with Crippen LogP contribution < -0.4 is 9.46 Å². The average molecular weight is 643 g/mol. The van der Waals surface area contributed by atoms with Gasteiger partial charge in [-0.3, -0.25) is 14.6 Å². The van der Waals surface area contributed by atoms with Crippen molar-refractivity contribution in [1.82, 2.24) is 14.9 Å². The lowest BCUT2D eigenvalue weighted by Crippen LogP contribution is -2.36. The molecule has 1 saturated carbocycles. The van der Waals surface area contributed by atoms with Crippen LogP contribution in [0.2, 0.25) is 0 Å². The van der Waals surface area contributed by atoms with Gasteiger partial charge in [-0.05, 0) is 78.0 Å². The molecule has 46 heavy (non-hydrogen) atoms. The van der Waals surface area contributed by atoms with Gasteiger partial charge in [-0.2, -0.15) is 0 Å². The minimum absolute atomic E-state index is 0.00297. The van der Waals surface area contributed by atoms with E-state index in [4.69, 9.17) is 4.74 Å². The number of nitrogens with zero attached hydrogens (tertiary/aromatic N) is 3. The highest BCUT2D eigenvalue weighted by Gasteiger charge is 2.23. The van der Waals surface area contributed by atoms with Gasteiger partial charge in [-0.1, -0.05) is 56.5 Å². The van der Waals surface area contributed by atoms with Crippen LogP contribution in [0.3, 0.4) is 0 Å². The Kier molecular flexibility index (Phi) is 9.28. The van der Waals surface area contributed by atoms with Crippen molar-refractivity contribution in [2.45, 2.75) is 56.5 Å². The van der Waals surface area contributed by atoms with Crippen LogP contribution in [0, 0.1) is 11.6 Å². The van der Waals surface area contributed by atoms with Crippen molar-refractivity contribution < 1.29 is 21.9 Å². The molecule has 0 radical (unpaired) electrons. The topological polar surface area (TPSA) is 84.4 Å². The molecule has 1 aliphatic carbocycles. The minimum Gasteiger partial charge on any atom is -0.480 e. The molecule has 0 spiro atoms. The molecule has 3 aromatic carbocycles. The first-order valence-electron chi connectivity index (χ1n) is 15.5. The molecule has 6 rings (SSSR count). The van der Waals surface area contributed by atoms with E-state index in [0.717, 1.165) is 52.8 Å². The highest BCUT2D eigenvalue weighted by Crippen LogP contribution is 2.35. The van der Waals surface area contributed by atoms with E-state index < -0.39 is 26.6 Å². The van der Waals surface area contributed by atoms with Crippen molar-refractivity contribution >= 4 is 26.6 Å². The number of hydrogen-bond donors (Lipinski definition) is 1. The maximum atomic E-state index is 14.4. The van der Waals surface area contributed by atoms with E-state index in [-0.39, 0.29) is 11.6 Å².